The molecular formula is C24H31ClN2O3S. The fourth-order valence-corrected chi connectivity index (χ4v) is 5.38. The molecule has 1 fully saturated rings. The predicted octanol–water partition coefficient (Wildman–Crippen LogP) is 4.68. The molecule has 2 aromatic rings. The van der Waals surface area contributed by atoms with Crippen LogP contribution in [0.15, 0.2) is 48.5 Å². The fourth-order valence-electron chi connectivity index (χ4n) is 4.20. The van der Waals surface area contributed by atoms with Gasteiger partial charge in [-0.2, -0.15) is 0 Å². The van der Waals surface area contributed by atoms with Crippen LogP contribution in [-0.4, -0.2) is 45.1 Å². The van der Waals surface area contributed by atoms with Crippen molar-refractivity contribution in [3.05, 3.63) is 64.7 Å². The summed E-state index contributed by atoms with van der Waals surface area (Å²) in [5.41, 5.74) is 2.65. The number of carbonyl (C=O) groups is 1. The Hall–Kier alpha value is -2.05. The molecule has 1 amide bonds. The molecule has 3 rings (SSSR count). The minimum Gasteiger partial charge on any atom is -0.343 e. The van der Waals surface area contributed by atoms with Crippen LogP contribution in [0.1, 0.15) is 36.8 Å². The molecule has 1 heterocycles. The van der Waals surface area contributed by atoms with E-state index in [0.717, 1.165) is 37.9 Å². The topological polar surface area (TPSA) is 57.7 Å². The van der Waals surface area contributed by atoms with Gasteiger partial charge in [-0.05, 0) is 61.8 Å². The van der Waals surface area contributed by atoms with Gasteiger partial charge in [0.15, 0.2) is 0 Å². The first kappa shape index (κ1) is 23.6. The summed E-state index contributed by atoms with van der Waals surface area (Å²) >= 11 is 6.17. The number of carbonyl (C=O) groups excluding carboxylic acids is 1. The van der Waals surface area contributed by atoms with Crippen LogP contribution in [0.2, 0.25) is 5.02 Å². The van der Waals surface area contributed by atoms with E-state index in [1.165, 1.54) is 16.1 Å². The minimum absolute atomic E-state index is 0.106. The molecule has 0 aliphatic carbocycles. The summed E-state index contributed by atoms with van der Waals surface area (Å²) in [7, 11) is -3.47. The van der Waals surface area contributed by atoms with Crippen molar-refractivity contribution in [2.24, 2.45) is 5.92 Å². The van der Waals surface area contributed by atoms with Crippen LogP contribution >= 0.6 is 11.6 Å². The molecule has 168 valence electrons. The molecule has 7 heteroatoms. The lowest BCUT2D eigenvalue weighted by atomic mass is 9.90. The summed E-state index contributed by atoms with van der Waals surface area (Å²) in [6.45, 7) is 3.62. The Labute approximate surface area is 191 Å². The lowest BCUT2D eigenvalue weighted by molar-refractivity contribution is -0.132. The van der Waals surface area contributed by atoms with Crippen LogP contribution < -0.4 is 4.31 Å². The zero-order valence-electron chi connectivity index (χ0n) is 18.3. The molecule has 31 heavy (non-hydrogen) atoms. The molecule has 0 bridgehead atoms. The number of piperidine rings is 1. The first-order chi connectivity index (χ1) is 14.8. The van der Waals surface area contributed by atoms with Crippen molar-refractivity contribution in [3.8, 4) is 0 Å². The first-order valence-corrected chi connectivity index (χ1v) is 13.0. The van der Waals surface area contributed by atoms with E-state index in [9.17, 15) is 13.2 Å². The normalized spacial score (nSPS) is 15.1. The van der Waals surface area contributed by atoms with Gasteiger partial charge in [0.05, 0.1) is 11.9 Å². The number of hydrogen-bond donors (Lipinski definition) is 0. The maximum Gasteiger partial charge on any atom is 0.232 e. The Bertz CT molecular complexity index is 987. The average molecular weight is 463 g/mol. The van der Waals surface area contributed by atoms with Gasteiger partial charge >= 0.3 is 0 Å². The SMILES string of the molecule is Cc1c(Cl)cccc1N(CCCC(=O)N1CCC(Cc2ccccc2)CC1)S(C)(=O)=O. The fraction of sp³-hybridized carbons (Fsp3) is 0.458. The summed E-state index contributed by atoms with van der Waals surface area (Å²) in [5, 5.41) is 0.528. The number of likely N-dealkylation sites (tertiary alicyclic amines) is 1. The zero-order valence-corrected chi connectivity index (χ0v) is 19.8. The smallest absolute Gasteiger partial charge is 0.232 e. The van der Waals surface area contributed by atoms with E-state index in [-0.39, 0.29) is 12.5 Å². The summed E-state index contributed by atoms with van der Waals surface area (Å²) in [5.74, 6) is 0.715. The third-order valence-corrected chi connectivity index (χ3v) is 7.58. The van der Waals surface area contributed by atoms with Crippen molar-refractivity contribution < 1.29 is 13.2 Å². The summed E-state index contributed by atoms with van der Waals surface area (Å²) in [6, 6.07) is 15.7. The number of sulfonamides is 1. The van der Waals surface area contributed by atoms with E-state index in [0.29, 0.717) is 29.5 Å². The van der Waals surface area contributed by atoms with Gasteiger partial charge in [-0.1, -0.05) is 48.0 Å². The van der Waals surface area contributed by atoms with Crippen LogP contribution in [0.4, 0.5) is 5.69 Å². The Kier molecular flexibility index (Phi) is 8.00. The quantitative estimate of drug-likeness (QED) is 0.572. The number of hydrogen-bond acceptors (Lipinski definition) is 3. The Morgan fingerprint density at radius 1 is 1.10 bits per heavy atom. The average Bonchev–Trinajstić information content (AvgIpc) is 2.74. The lowest BCUT2D eigenvalue weighted by Gasteiger charge is -2.32. The van der Waals surface area contributed by atoms with Gasteiger partial charge in [0, 0.05) is 31.1 Å². The van der Waals surface area contributed by atoms with Crippen LogP contribution in [0.5, 0.6) is 0 Å². The van der Waals surface area contributed by atoms with Gasteiger partial charge in [0.25, 0.3) is 0 Å². The predicted molar refractivity (Wildman–Crippen MR) is 127 cm³/mol. The second kappa shape index (κ2) is 10.5. The van der Waals surface area contributed by atoms with Crippen LogP contribution in [0.3, 0.4) is 0 Å². The van der Waals surface area contributed by atoms with Gasteiger partial charge < -0.3 is 4.90 Å². The van der Waals surface area contributed by atoms with Crippen LogP contribution in [0, 0.1) is 12.8 Å². The molecule has 1 aliphatic heterocycles. The van der Waals surface area contributed by atoms with Crippen molar-refractivity contribution in [3.63, 3.8) is 0 Å². The lowest BCUT2D eigenvalue weighted by Crippen LogP contribution is -2.39. The number of nitrogens with zero attached hydrogens (tertiary/aromatic N) is 2. The molecule has 1 aliphatic rings. The van der Waals surface area contributed by atoms with E-state index >= 15 is 0 Å². The van der Waals surface area contributed by atoms with Crippen molar-refractivity contribution >= 4 is 33.2 Å². The summed E-state index contributed by atoms with van der Waals surface area (Å²) < 4.78 is 26.0. The Morgan fingerprint density at radius 3 is 2.42 bits per heavy atom. The minimum atomic E-state index is -3.47. The first-order valence-electron chi connectivity index (χ1n) is 10.8. The van der Waals surface area contributed by atoms with Crippen molar-refractivity contribution in [2.75, 3.05) is 30.2 Å². The standard InChI is InChI=1S/C24H31ClN2O3S/c1-19-22(25)10-6-11-23(19)27(31(2,29)30)15-7-12-24(28)26-16-13-21(14-17-26)18-20-8-4-3-5-9-20/h3-6,8-11,21H,7,12-18H2,1-2H3. The van der Waals surface area contributed by atoms with E-state index in [1.807, 2.05) is 11.0 Å². The third kappa shape index (κ3) is 6.47. The van der Waals surface area contributed by atoms with Crippen LogP contribution in [0.25, 0.3) is 0 Å². The highest BCUT2D eigenvalue weighted by Gasteiger charge is 2.24. The number of rotatable bonds is 8. The van der Waals surface area contributed by atoms with E-state index < -0.39 is 10.0 Å². The van der Waals surface area contributed by atoms with Gasteiger partial charge in [-0.15, -0.1) is 0 Å². The molecule has 5 nitrogen and oxygen atoms in total. The zero-order chi connectivity index (χ0) is 22.4. The molecule has 0 unspecified atom stereocenters. The van der Waals surface area contributed by atoms with Gasteiger partial charge in [0.2, 0.25) is 15.9 Å². The van der Waals surface area contributed by atoms with E-state index in [4.69, 9.17) is 11.6 Å². The van der Waals surface area contributed by atoms with Crippen molar-refractivity contribution in [1.29, 1.82) is 0 Å². The molecule has 0 radical (unpaired) electrons. The van der Waals surface area contributed by atoms with Gasteiger partial charge in [-0.25, -0.2) is 8.42 Å². The van der Waals surface area contributed by atoms with Gasteiger partial charge in [-0.3, -0.25) is 9.10 Å². The monoisotopic (exact) mass is 462 g/mol. The summed E-state index contributed by atoms with van der Waals surface area (Å²) in [4.78, 5) is 14.6. The molecule has 0 aromatic heterocycles. The molecule has 1 saturated heterocycles. The molecule has 2 aromatic carbocycles. The van der Waals surface area contributed by atoms with E-state index in [1.54, 1.807) is 25.1 Å². The number of halogens is 1. The molecule has 0 spiro atoms. The number of amides is 1. The Morgan fingerprint density at radius 2 is 1.77 bits per heavy atom. The maximum absolute atomic E-state index is 12.7. The van der Waals surface area contributed by atoms with Crippen LogP contribution in [-0.2, 0) is 21.2 Å². The highest BCUT2D eigenvalue weighted by Crippen LogP contribution is 2.28. The number of anilines is 1. The number of benzene rings is 2. The largest absolute Gasteiger partial charge is 0.343 e. The molecule has 0 N–H and O–H groups in total. The molecular weight excluding hydrogens is 432 g/mol. The van der Waals surface area contributed by atoms with Gasteiger partial charge in [0.1, 0.15) is 0 Å². The second-order valence-electron chi connectivity index (χ2n) is 8.34. The van der Waals surface area contributed by atoms with Crippen molar-refractivity contribution in [2.45, 2.75) is 39.0 Å². The maximum atomic E-state index is 12.7. The Balaban J connectivity index is 1.50. The van der Waals surface area contributed by atoms with Crippen molar-refractivity contribution in [1.82, 2.24) is 4.90 Å². The highest BCUT2D eigenvalue weighted by molar-refractivity contribution is 7.92. The second-order valence-corrected chi connectivity index (χ2v) is 10.7. The highest BCUT2D eigenvalue weighted by atomic mass is 35.5. The molecule has 0 atom stereocenters. The van der Waals surface area contributed by atoms with E-state index in [2.05, 4.69) is 24.3 Å². The summed E-state index contributed by atoms with van der Waals surface area (Å²) in [6.07, 6.45) is 5.09. The molecule has 0 saturated carbocycles. The third-order valence-electron chi connectivity index (χ3n) is 5.99.